The summed E-state index contributed by atoms with van der Waals surface area (Å²) in [5.41, 5.74) is 0.968. The van der Waals surface area contributed by atoms with Gasteiger partial charge in [-0.15, -0.1) is 11.8 Å². The molecule has 86 valence electrons. The number of hydrogen-bond acceptors (Lipinski definition) is 3. The second kappa shape index (κ2) is 4.55. The van der Waals surface area contributed by atoms with Gasteiger partial charge in [0.05, 0.1) is 5.69 Å². The van der Waals surface area contributed by atoms with Crippen LogP contribution in [-0.4, -0.2) is 29.4 Å². The van der Waals surface area contributed by atoms with E-state index in [1.807, 2.05) is 17.0 Å². The van der Waals surface area contributed by atoms with Crippen LogP contribution in [-0.2, 0) is 4.79 Å². The number of rotatable bonds is 2. The number of anilines is 1. The lowest BCUT2D eigenvalue weighted by molar-refractivity contribution is -0.135. The minimum absolute atomic E-state index is 0.0412. The first kappa shape index (κ1) is 11.6. The topological polar surface area (TPSA) is 40.5 Å². The molecule has 1 aliphatic rings. The third kappa shape index (κ3) is 2.44. The summed E-state index contributed by atoms with van der Waals surface area (Å²) in [6, 6.07) is 5.58. The number of carboxylic acid groups (broad SMARTS) is 1. The summed E-state index contributed by atoms with van der Waals surface area (Å²) in [6.45, 7) is 2.88. The number of nitrogens with zero attached hydrogens (tertiary/aromatic N) is 1. The molecule has 2 rings (SSSR count). The molecule has 1 N–H and O–H groups in total. The Hall–Kier alpha value is -0.870. The van der Waals surface area contributed by atoms with Crippen molar-refractivity contribution in [3.8, 4) is 0 Å². The van der Waals surface area contributed by atoms with Crippen molar-refractivity contribution in [3.05, 3.63) is 23.2 Å². The summed E-state index contributed by atoms with van der Waals surface area (Å²) < 4.78 is 0. The second-order valence-corrected chi connectivity index (χ2v) is 5.73. The first-order chi connectivity index (χ1) is 7.56. The van der Waals surface area contributed by atoms with Gasteiger partial charge in [-0.1, -0.05) is 18.5 Å². The van der Waals surface area contributed by atoms with Crippen LogP contribution in [0, 0.1) is 0 Å². The third-order valence-electron chi connectivity index (χ3n) is 2.39. The van der Waals surface area contributed by atoms with Crippen molar-refractivity contribution in [2.45, 2.75) is 17.1 Å². The molecule has 0 spiro atoms. The molecular weight excluding hydrogens is 246 g/mol. The lowest BCUT2D eigenvalue weighted by Crippen LogP contribution is -2.37. The van der Waals surface area contributed by atoms with E-state index >= 15 is 0 Å². The maximum Gasteiger partial charge on any atom is 0.323 e. The zero-order valence-corrected chi connectivity index (χ0v) is 10.4. The Balaban J connectivity index is 2.34. The highest BCUT2D eigenvalue weighted by atomic mass is 35.5. The molecule has 1 heterocycles. The van der Waals surface area contributed by atoms with Crippen molar-refractivity contribution in [2.75, 3.05) is 18.0 Å². The van der Waals surface area contributed by atoms with Crippen molar-refractivity contribution < 1.29 is 9.90 Å². The van der Waals surface area contributed by atoms with Gasteiger partial charge in [-0.3, -0.25) is 4.79 Å². The van der Waals surface area contributed by atoms with Crippen molar-refractivity contribution in [2.24, 2.45) is 0 Å². The number of fused-ring (bicyclic) bond motifs is 1. The second-order valence-electron chi connectivity index (χ2n) is 3.81. The van der Waals surface area contributed by atoms with Crippen LogP contribution in [0.25, 0.3) is 0 Å². The highest BCUT2D eigenvalue weighted by Gasteiger charge is 2.23. The molecule has 1 aromatic rings. The molecule has 1 unspecified atom stereocenters. The fourth-order valence-corrected chi connectivity index (χ4v) is 3.26. The Morgan fingerprint density at radius 2 is 2.44 bits per heavy atom. The number of carboxylic acids is 1. The van der Waals surface area contributed by atoms with Crippen LogP contribution in [0.5, 0.6) is 0 Å². The van der Waals surface area contributed by atoms with Crippen molar-refractivity contribution in [1.82, 2.24) is 0 Å². The molecule has 0 aromatic heterocycles. The van der Waals surface area contributed by atoms with Gasteiger partial charge in [0.25, 0.3) is 0 Å². The summed E-state index contributed by atoms with van der Waals surface area (Å²) in [4.78, 5) is 13.7. The van der Waals surface area contributed by atoms with E-state index in [0.29, 0.717) is 10.3 Å². The van der Waals surface area contributed by atoms with Crippen LogP contribution in [0.15, 0.2) is 23.1 Å². The van der Waals surface area contributed by atoms with E-state index < -0.39 is 5.97 Å². The fraction of sp³-hybridized carbons (Fsp3) is 0.364. The predicted molar refractivity (Wildman–Crippen MR) is 66.6 cm³/mol. The summed E-state index contributed by atoms with van der Waals surface area (Å²) in [5, 5.41) is 9.93. The van der Waals surface area contributed by atoms with Crippen LogP contribution in [0.1, 0.15) is 6.92 Å². The maximum atomic E-state index is 10.8. The number of halogens is 1. The van der Waals surface area contributed by atoms with Gasteiger partial charge >= 0.3 is 5.97 Å². The van der Waals surface area contributed by atoms with E-state index in [1.165, 1.54) is 0 Å². The Kier molecular flexibility index (Phi) is 3.30. The molecule has 1 aromatic carbocycles. The van der Waals surface area contributed by atoms with E-state index in [9.17, 15) is 4.79 Å². The molecule has 5 heteroatoms. The van der Waals surface area contributed by atoms with Crippen LogP contribution in [0.2, 0.25) is 5.02 Å². The van der Waals surface area contributed by atoms with Gasteiger partial charge in [0.1, 0.15) is 6.54 Å². The largest absolute Gasteiger partial charge is 0.480 e. The number of thioether (sulfide) groups is 1. The van der Waals surface area contributed by atoms with E-state index in [0.717, 1.165) is 17.1 Å². The number of aliphatic carboxylic acids is 1. The van der Waals surface area contributed by atoms with Crippen LogP contribution >= 0.6 is 23.4 Å². The molecule has 0 fully saturated rings. The highest BCUT2D eigenvalue weighted by molar-refractivity contribution is 8.00. The summed E-state index contributed by atoms with van der Waals surface area (Å²) >= 11 is 7.67. The number of benzene rings is 1. The zero-order valence-electron chi connectivity index (χ0n) is 8.81. The Labute approximate surface area is 103 Å². The van der Waals surface area contributed by atoms with Crippen LogP contribution in [0.3, 0.4) is 0 Å². The van der Waals surface area contributed by atoms with Gasteiger partial charge in [0.2, 0.25) is 0 Å². The smallest absolute Gasteiger partial charge is 0.323 e. The van der Waals surface area contributed by atoms with E-state index in [1.54, 1.807) is 17.8 Å². The molecule has 0 amide bonds. The lowest BCUT2D eigenvalue weighted by atomic mass is 10.2. The van der Waals surface area contributed by atoms with Crippen molar-refractivity contribution in [3.63, 3.8) is 0 Å². The Morgan fingerprint density at radius 3 is 3.12 bits per heavy atom. The van der Waals surface area contributed by atoms with E-state index in [2.05, 4.69) is 6.92 Å². The average molecular weight is 258 g/mol. The standard InChI is InChI=1S/C11H12ClNO2S/c1-7-5-13(6-11(14)15)9-3-2-8(12)4-10(9)16-7/h2-4,7H,5-6H2,1H3,(H,14,15). The first-order valence-corrected chi connectivity index (χ1v) is 6.25. The van der Waals surface area contributed by atoms with Gasteiger partial charge in [0.15, 0.2) is 0 Å². The molecule has 1 atom stereocenters. The summed E-state index contributed by atoms with van der Waals surface area (Å²) in [7, 11) is 0. The van der Waals surface area contributed by atoms with Crippen LogP contribution < -0.4 is 4.90 Å². The molecular formula is C11H12ClNO2S. The predicted octanol–water partition coefficient (Wildman–Crippen LogP) is 2.73. The molecule has 1 aliphatic heterocycles. The number of carbonyl (C=O) groups is 1. The Morgan fingerprint density at radius 1 is 1.69 bits per heavy atom. The van der Waals surface area contributed by atoms with Gasteiger partial charge in [0, 0.05) is 21.7 Å². The van der Waals surface area contributed by atoms with Gasteiger partial charge < -0.3 is 10.0 Å². The monoisotopic (exact) mass is 257 g/mol. The Bertz CT molecular complexity index is 424. The molecule has 16 heavy (non-hydrogen) atoms. The molecule has 0 bridgehead atoms. The van der Waals surface area contributed by atoms with Gasteiger partial charge in [-0.25, -0.2) is 0 Å². The highest BCUT2D eigenvalue weighted by Crippen LogP contribution is 2.39. The maximum absolute atomic E-state index is 10.8. The minimum Gasteiger partial charge on any atom is -0.480 e. The van der Waals surface area contributed by atoms with Gasteiger partial charge in [-0.05, 0) is 18.2 Å². The average Bonchev–Trinajstić information content (AvgIpc) is 2.15. The summed E-state index contributed by atoms with van der Waals surface area (Å²) in [6.07, 6.45) is 0. The molecule has 0 aliphatic carbocycles. The lowest BCUT2D eigenvalue weighted by Gasteiger charge is -2.33. The molecule has 3 nitrogen and oxygen atoms in total. The molecule has 0 saturated heterocycles. The van der Waals surface area contributed by atoms with Gasteiger partial charge in [-0.2, -0.15) is 0 Å². The van der Waals surface area contributed by atoms with Crippen molar-refractivity contribution in [1.29, 1.82) is 0 Å². The van der Waals surface area contributed by atoms with Crippen molar-refractivity contribution >= 4 is 35.0 Å². The first-order valence-electron chi connectivity index (χ1n) is 4.99. The van der Waals surface area contributed by atoms with E-state index in [4.69, 9.17) is 16.7 Å². The SMILES string of the molecule is CC1CN(CC(=O)O)c2ccc(Cl)cc2S1. The summed E-state index contributed by atoms with van der Waals surface area (Å²) in [5.74, 6) is -0.806. The third-order valence-corrected chi connectivity index (χ3v) is 3.76. The molecule has 0 radical (unpaired) electrons. The normalized spacial score (nSPS) is 19.4. The fourth-order valence-electron chi connectivity index (χ4n) is 1.82. The number of hydrogen-bond donors (Lipinski definition) is 1. The minimum atomic E-state index is -0.806. The van der Waals surface area contributed by atoms with Crippen LogP contribution in [0.4, 0.5) is 5.69 Å². The van der Waals surface area contributed by atoms with E-state index in [-0.39, 0.29) is 6.54 Å². The molecule has 0 saturated carbocycles. The quantitative estimate of drug-likeness (QED) is 0.885. The zero-order chi connectivity index (χ0) is 11.7.